The standard InChI is InChI=1S/C12H13ClF3NO3S/c1-7-3-4-9(5-10(7)21(13,19)20)11(18)17-8(2)6-12(14,15)16/h3-5,8H,6H2,1-2H3,(H,17,18). The summed E-state index contributed by atoms with van der Waals surface area (Å²) in [5.74, 6) is -0.798. The fourth-order valence-electron chi connectivity index (χ4n) is 1.71. The van der Waals surface area contributed by atoms with Crippen LogP contribution in [-0.2, 0) is 9.05 Å². The molecule has 0 saturated heterocycles. The summed E-state index contributed by atoms with van der Waals surface area (Å²) in [4.78, 5) is 11.6. The highest BCUT2D eigenvalue weighted by molar-refractivity contribution is 8.13. The van der Waals surface area contributed by atoms with Crippen molar-refractivity contribution in [2.75, 3.05) is 0 Å². The van der Waals surface area contributed by atoms with Crippen LogP contribution in [0.1, 0.15) is 29.3 Å². The first-order valence-corrected chi connectivity index (χ1v) is 8.14. The van der Waals surface area contributed by atoms with Gasteiger partial charge in [-0.1, -0.05) is 6.07 Å². The predicted octanol–water partition coefficient (Wildman–Crippen LogP) is 2.99. The van der Waals surface area contributed by atoms with Crippen molar-refractivity contribution in [1.29, 1.82) is 0 Å². The summed E-state index contributed by atoms with van der Waals surface area (Å²) in [6, 6.07) is 2.58. The van der Waals surface area contributed by atoms with Gasteiger partial charge < -0.3 is 5.32 Å². The lowest BCUT2D eigenvalue weighted by atomic mass is 10.1. The highest BCUT2D eigenvalue weighted by Crippen LogP contribution is 2.23. The topological polar surface area (TPSA) is 63.2 Å². The molecule has 0 aliphatic rings. The minimum absolute atomic E-state index is 0.0751. The van der Waals surface area contributed by atoms with E-state index in [-0.39, 0.29) is 10.5 Å². The fourth-order valence-corrected chi connectivity index (χ4v) is 2.93. The number of hydrogen-bond acceptors (Lipinski definition) is 3. The zero-order chi connectivity index (χ0) is 16.4. The van der Waals surface area contributed by atoms with Gasteiger partial charge in [0.1, 0.15) is 0 Å². The molecule has 1 N–H and O–H groups in total. The van der Waals surface area contributed by atoms with Crippen LogP contribution in [0, 0.1) is 6.92 Å². The van der Waals surface area contributed by atoms with Gasteiger partial charge in [0.2, 0.25) is 0 Å². The van der Waals surface area contributed by atoms with Gasteiger partial charge in [0.15, 0.2) is 0 Å². The van der Waals surface area contributed by atoms with Gasteiger partial charge >= 0.3 is 6.18 Å². The molecule has 1 atom stereocenters. The van der Waals surface area contributed by atoms with Crippen LogP contribution in [-0.4, -0.2) is 26.5 Å². The maximum atomic E-state index is 12.2. The minimum atomic E-state index is -4.40. The van der Waals surface area contributed by atoms with Crippen LogP contribution in [0.15, 0.2) is 23.1 Å². The van der Waals surface area contributed by atoms with E-state index >= 15 is 0 Å². The van der Waals surface area contributed by atoms with Crippen LogP contribution in [0.3, 0.4) is 0 Å². The van der Waals surface area contributed by atoms with E-state index < -0.39 is 33.6 Å². The average Bonchev–Trinajstić information content (AvgIpc) is 2.24. The number of carbonyl (C=O) groups is 1. The van der Waals surface area contributed by atoms with Crippen molar-refractivity contribution in [3.05, 3.63) is 29.3 Å². The molecule has 9 heteroatoms. The van der Waals surface area contributed by atoms with E-state index in [0.29, 0.717) is 5.56 Å². The van der Waals surface area contributed by atoms with Crippen molar-refractivity contribution in [3.63, 3.8) is 0 Å². The van der Waals surface area contributed by atoms with E-state index in [2.05, 4.69) is 5.32 Å². The number of hydrogen-bond donors (Lipinski definition) is 1. The minimum Gasteiger partial charge on any atom is -0.349 e. The Labute approximate surface area is 124 Å². The second kappa shape index (κ2) is 6.23. The Morgan fingerprint density at radius 3 is 2.43 bits per heavy atom. The summed E-state index contributed by atoms with van der Waals surface area (Å²) in [7, 11) is 1.19. The second-order valence-electron chi connectivity index (χ2n) is 4.61. The van der Waals surface area contributed by atoms with Crippen LogP contribution in [0.25, 0.3) is 0 Å². The third-order valence-corrected chi connectivity index (χ3v) is 4.09. The molecule has 118 valence electrons. The number of benzene rings is 1. The molecule has 0 aromatic heterocycles. The normalized spacial score (nSPS) is 13.8. The molecule has 0 aliphatic heterocycles. The van der Waals surface area contributed by atoms with E-state index in [1.54, 1.807) is 0 Å². The first kappa shape index (κ1) is 17.8. The first-order chi connectivity index (χ1) is 9.40. The number of nitrogens with one attached hydrogen (secondary N) is 1. The smallest absolute Gasteiger partial charge is 0.349 e. The van der Waals surface area contributed by atoms with Crippen LogP contribution < -0.4 is 5.32 Å². The largest absolute Gasteiger partial charge is 0.391 e. The molecule has 4 nitrogen and oxygen atoms in total. The van der Waals surface area contributed by atoms with Crippen LogP contribution in [0.5, 0.6) is 0 Å². The maximum Gasteiger partial charge on any atom is 0.391 e. The van der Waals surface area contributed by atoms with Crippen molar-refractivity contribution in [2.45, 2.75) is 37.4 Å². The third kappa shape index (κ3) is 5.55. The highest BCUT2D eigenvalue weighted by Gasteiger charge is 2.30. The van der Waals surface area contributed by atoms with Gasteiger partial charge in [-0.05, 0) is 31.5 Å². The monoisotopic (exact) mass is 343 g/mol. The Morgan fingerprint density at radius 2 is 1.95 bits per heavy atom. The molecule has 0 heterocycles. The van der Waals surface area contributed by atoms with Crippen molar-refractivity contribution in [1.82, 2.24) is 5.32 Å². The van der Waals surface area contributed by atoms with Crippen molar-refractivity contribution < 1.29 is 26.4 Å². The first-order valence-electron chi connectivity index (χ1n) is 5.83. The number of aryl methyl sites for hydroxylation is 1. The SMILES string of the molecule is Cc1ccc(C(=O)NC(C)CC(F)(F)F)cc1S(=O)(=O)Cl. The van der Waals surface area contributed by atoms with Crippen molar-refractivity contribution >= 4 is 25.6 Å². The van der Waals surface area contributed by atoms with E-state index in [4.69, 9.17) is 10.7 Å². The average molecular weight is 344 g/mol. The summed E-state index contributed by atoms with van der Waals surface area (Å²) >= 11 is 0. The molecule has 0 aliphatic carbocycles. The summed E-state index contributed by atoms with van der Waals surface area (Å²) in [6.07, 6.45) is -5.57. The van der Waals surface area contributed by atoms with Gasteiger partial charge in [-0.25, -0.2) is 8.42 Å². The lowest BCUT2D eigenvalue weighted by Crippen LogP contribution is -2.36. The Morgan fingerprint density at radius 1 is 1.38 bits per heavy atom. The van der Waals surface area contributed by atoms with Crippen LogP contribution in [0.2, 0.25) is 0 Å². The third-order valence-electron chi connectivity index (χ3n) is 2.63. The Balaban J connectivity index is 2.94. The summed E-state index contributed by atoms with van der Waals surface area (Å²) in [5.41, 5.74) is 0.263. The maximum absolute atomic E-state index is 12.2. The number of alkyl halides is 3. The quantitative estimate of drug-likeness (QED) is 0.855. The number of halogens is 4. The Kier molecular flexibility index (Phi) is 5.27. The van der Waals surface area contributed by atoms with E-state index in [9.17, 15) is 26.4 Å². The molecule has 0 bridgehead atoms. The Bertz CT molecular complexity index is 644. The van der Waals surface area contributed by atoms with Crippen LogP contribution >= 0.6 is 10.7 Å². The predicted molar refractivity (Wildman–Crippen MR) is 71.8 cm³/mol. The van der Waals surface area contributed by atoms with Gasteiger partial charge in [0.05, 0.1) is 11.3 Å². The molecular formula is C12H13ClF3NO3S. The van der Waals surface area contributed by atoms with Gasteiger partial charge in [-0.15, -0.1) is 0 Å². The molecule has 21 heavy (non-hydrogen) atoms. The second-order valence-corrected chi connectivity index (χ2v) is 7.15. The molecule has 0 fully saturated rings. The summed E-state index contributed by atoms with van der Waals surface area (Å²) in [6.45, 7) is 2.70. The van der Waals surface area contributed by atoms with E-state index in [1.165, 1.54) is 26.0 Å². The van der Waals surface area contributed by atoms with E-state index in [0.717, 1.165) is 6.07 Å². The molecule has 1 amide bonds. The van der Waals surface area contributed by atoms with Gasteiger partial charge in [-0.2, -0.15) is 13.2 Å². The molecule has 1 unspecified atom stereocenters. The van der Waals surface area contributed by atoms with E-state index in [1.807, 2.05) is 0 Å². The highest BCUT2D eigenvalue weighted by atomic mass is 35.7. The van der Waals surface area contributed by atoms with Gasteiger partial charge in [0, 0.05) is 22.3 Å². The fraction of sp³-hybridized carbons (Fsp3) is 0.417. The molecule has 0 saturated carbocycles. The lowest BCUT2D eigenvalue weighted by Gasteiger charge is -2.16. The number of amides is 1. The Hall–Kier alpha value is -1.28. The van der Waals surface area contributed by atoms with Crippen molar-refractivity contribution in [2.24, 2.45) is 0 Å². The van der Waals surface area contributed by atoms with Gasteiger partial charge in [-0.3, -0.25) is 4.79 Å². The summed E-state index contributed by atoms with van der Waals surface area (Å²) < 4.78 is 59.2. The zero-order valence-corrected chi connectivity index (χ0v) is 12.7. The lowest BCUT2D eigenvalue weighted by molar-refractivity contribution is -0.138. The van der Waals surface area contributed by atoms with Crippen molar-refractivity contribution in [3.8, 4) is 0 Å². The van der Waals surface area contributed by atoms with Crippen LogP contribution in [0.4, 0.5) is 13.2 Å². The number of rotatable bonds is 4. The molecule has 1 rings (SSSR count). The molecule has 1 aromatic carbocycles. The molecule has 0 radical (unpaired) electrons. The summed E-state index contributed by atoms with van der Waals surface area (Å²) in [5, 5.41) is 2.15. The molecule has 1 aromatic rings. The molecule has 0 spiro atoms. The molecular weight excluding hydrogens is 331 g/mol. The van der Waals surface area contributed by atoms with Gasteiger partial charge in [0.25, 0.3) is 15.0 Å². The zero-order valence-electron chi connectivity index (χ0n) is 11.2. The number of carbonyl (C=O) groups excluding carboxylic acids is 1.